The van der Waals surface area contributed by atoms with Crippen molar-refractivity contribution in [1.29, 1.82) is 0 Å². The average molecular weight is 480 g/mol. The van der Waals surface area contributed by atoms with Crippen LogP contribution in [0.1, 0.15) is 46.5 Å². The Bertz CT molecular complexity index is 977. The molecule has 4 heterocycles. The minimum atomic E-state index is -0.443. The summed E-state index contributed by atoms with van der Waals surface area (Å²) in [7, 11) is 1.34. The van der Waals surface area contributed by atoms with Gasteiger partial charge in [0.05, 0.1) is 31.1 Å². The first-order chi connectivity index (χ1) is 15.5. The van der Waals surface area contributed by atoms with E-state index in [9.17, 15) is 9.59 Å². The molecule has 1 amide bonds. The molecule has 0 spiro atoms. The topological polar surface area (TPSA) is 98.6 Å². The Morgan fingerprint density at radius 1 is 1.25 bits per heavy atom. The predicted octanol–water partition coefficient (Wildman–Crippen LogP) is 3.25. The smallest absolute Gasteiger partial charge is 0.341 e. The number of carbonyl (C=O) groups excluding carboxylic acids is 2. The fourth-order valence-corrected chi connectivity index (χ4v) is 5.85. The molecular weight excluding hydrogens is 450 g/mol. The number of rotatable bonds is 8. The van der Waals surface area contributed by atoms with Gasteiger partial charge >= 0.3 is 5.97 Å². The van der Waals surface area contributed by atoms with Gasteiger partial charge in [-0.05, 0) is 45.1 Å². The summed E-state index contributed by atoms with van der Waals surface area (Å²) in [6.07, 6.45) is 4.55. The number of thioether (sulfide) groups is 1. The van der Waals surface area contributed by atoms with Crippen molar-refractivity contribution in [2.45, 2.75) is 57.3 Å². The molecule has 0 unspecified atom stereocenters. The number of carbonyl (C=O) groups is 2. The van der Waals surface area contributed by atoms with E-state index in [1.807, 2.05) is 13.8 Å². The van der Waals surface area contributed by atoms with Gasteiger partial charge < -0.3 is 19.7 Å². The highest BCUT2D eigenvalue weighted by molar-refractivity contribution is 7.99. The van der Waals surface area contributed by atoms with Crippen molar-refractivity contribution in [1.82, 2.24) is 14.8 Å². The number of ether oxygens (including phenoxy) is 2. The summed E-state index contributed by atoms with van der Waals surface area (Å²) >= 11 is 2.73. The molecule has 2 fully saturated rings. The molecule has 32 heavy (non-hydrogen) atoms. The van der Waals surface area contributed by atoms with Crippen molar-refractivity contribution in [3.8, 4) is 0 Å². The number of aromatic nitrogens is 3. The molecule has 11 heteroatoms. The monoisotopic (exact) mass is 479 g/mol. The number of methoxy groups -OCH3 is 1. The van der Waals surface area contributed by atoms with Gasteiger partial charge in [0.15, 0.2) is 5.16 Å². The molecule has 4 rings (SSSR count). The lowest BCUT2D eigenvalue weighted by atomic mass is 10.1. The second-order valence-corrected chi connectivity index (χ2v) is 10.2. The lowest BCUT2D eigenvalue weighted by molar-refractivity contribution is -0.113. The van der Waals surface area contributed by atoms with Crippen molar-refractivity contribution < 1.29 is 19.1 Å². The Morgan fingerprint density at radius 2 is 2.03 bits per heavy atom. The molecule has 0 saturated carbocycles. The largest absolute Gasteiger partial charge is 0.465 e. The quantitative estimate of drug-likeness (QED) is 0.455. The number of esters is 1. The Kier molecular flexibility index (Phi) is 7.37. The molecule has 0 bridgehead atoms. The number of aryl methyl sites for hydroxylation is 1. The molecule has 0 aliphatic carbocycles. The Balaban J connectivity index is 1.46. The zero-order chi connectivity index (χ0) is 22.7. The van der Waals surface area contributed by atoms with Gasteiger partial charge in [0.2, 0.25) is 11.9 Å². The first-order valence-electron chi connectivity index (χ1n) is 10.9. The SMILES string of the molecule is COC(=O)c1c(NC(=O)CSc2nnc(N3CCCC3)n2C[C@@H]2CCCO2)sc(C)c1C. The molecule has 2 aromatic rings. The van der Waals surface area contributed by atoms with E-state index in [4.69, 9.17) is 9.47 Å². The van der Waals surface area contributed by atoms with E-state index in [0.717, 1.165) is 61.8 Å². The number of thiophene rings is 1. The Labute approximate surface area is 195 Å². The van der Waals surface area contributed by atoms with E-state index in [1.54, 1.807) is 0 Å². The number of nitrogens with zero attached hydrogens (tertiary/aromatic N) is 4. The molecule has 0 aromatic carbocycles. The number of hydrogen-bond donors (Lipinski definition) is 1. The van der Waals surface area contributed by atoms with Crippen LogP contribution in [0, 0.1) is 13.8 Å². The van der Waals surface area contributed by atoms with Crippen molar-refractivity contribution in [3.05, 3.63) is 16.0 Å². The molecule has 1 atom stereocenters. The molecule has 2 aromatic heterocycles. The fourth-order valence-electron chi connectivity index (χ4n) is 4.05. The van der Waals surface area contributed by atoms with Crippen LogP contribution in [0.25, 0.3) is 0 Å². The molecule has 174 valence electrons. The zero-order valence-electron chi connectivity index (χ0n) is 18.7. The van der Waals surface area contributed by atoms with Gasteiger partial charge in [-0.2, -0.15) is 0 Å². The molecular formula is C21H29N5O4S2. The third kappa shape index (κ3) is 4.94. The van der Waals surface area contributed by atoms with Crippen LogP contribution in [0.15, 0.2) is 5.16 Å². The Morgan fingerprint density at radius 3 is 2.72 bits per heavy atom. The molecule has 2 aliphatic rings. The highest BCUT2D eigenvalue weighted by Crippen LogP contribution is 2.33. The van der Waals surface area contributed by atoms with Crippen LogP contribution in [0.2, 0.25) is 0 Å². The van der Waals surface area contributed by atoms with Crippen molar-refractivity contribution in [2.24, 2.45) is 0 Å². The predicted molar refractivity (Wildman–Crippen MR) is 125 cm³/mol. The second-order valence-electron chi connectivity index (χ2n) is 8.04. The van der Waals surface area contributed by atoms with Crippen molar-refractivity contribution in [2.75, 3.05) is 42.8 Å². The van der Waals surface area contributed by atoms with Crippen LogP contribution in [0.4, 0.5) is 10.9 Å². The number of nitrogens with one attached hydrogen (secondary N) is 1. The van der Waals surface area contributed by atoms with E-state index in [0.29, 0.717) is 22.3 Å². The van der Waals surface area contributed by atoms with E-state index in [-0.39, 0.29) is 17.8 Å². The second kappa shape index (κ2) is 10.2. The van der Waals surface area contributed by atoms with E-state index in [2.05, 4.69) is 25.0 Å². The van der Waals surface area contributed by atoms with Crippen LogP contribution in [-0.2, 0) is 20.8 Å². The number of amides is 1. The lowest BCUT2D eigenvalue weighted by Gasteiger charge is -2.20. The third-order valence-electron chi connectivity index (χ3n) is 5.86. The van der Waals surface area contributed by atoms with Gasteiger partial charge in [0, 0.05) is 24.6 Å². The molecule has 1 N–H and O–H groups in total. The van der Waals surface area contributed by atoms with Crippen LogP contribution < -0.4 is 10.2 Å². The first kappa shape index (κ1) is 23.1. The van der Waals surface area contributed by atoms with Crippen LogP contribution in [-0.4, -0.2) is 65.3 Å². The first-order valence-corrected chi connectivity index (χ1v) is 12.7. The van der Waals surface area contributed by atoms with Crippen LogP contribution >= 0.6 is 23.1 Å². The maximum atomic E-state index is 12.7. The summed E-state index contributed by atoms with van der Waals surface area (Å²) in [6.45, 7) is 7.21. The molecule has 0 radical (unpaired) electrons. The normalized spacial score (nSPS) is 18.3. The molecule has 2 saturated heterocycles. The third-order valence-corrected chi connectivity index (χ3v) is 7.95. The highest BCUT2D eigenvalue weighted by Gasteiger charge is 2.26. The minimum absolute atomic E-state index is 0.153. The van der Waals surface area contributed by atoms with Gasteiger partial charge in [-0.25, -0.2) is 4.79 Å². The maximum Gasteiger partial charge on any atom is 0.341 e. The summed E-state index contributed by atoms with van der Waals surface area (Å²) < 4.78 is 12.8. The van der Waals surface area contributed by atoms with Crippen molar-refractivity contribution >= 4 is 45.9 Å². The van der Waals surface area contributed by atoms with E-state index < -0.39 is 5.97 Å². The van der Waals surface area contributed by atoms with E-state index in [1.165, 1.54) is 30.2 Å². The van der Waals surface area contributed by atoms with E-state index >= 15 is 0 Å². The summed E-state index contributed by atoms with van der Waals surface area (Å²) in [5.74, 6) is 0.385. The fraction of sp³-hybridized carbons (Fsp3) is 0.619. The summed E-state index contributed by atoms with van der Waals surface area (Å²) in [5.41, 5.74) is 1.25. The van der Waals surface area contributed by atoms with Gasteiger partial charge in [-0.1, -0.05) is 11.8 Å². The van der Waals surface area contributed by atoms with Gasteiger partial charge in [0.25, 0.3) is 0 Å². The summed E-state index contributed by atoms with van der Waals surface area (Å²) in [4.78, 5) is 28.1. The maximum absolute atomic E-state index is 12.7. The van der Waals surface area contributed by atoms with Gasteiger partial charge in [-0.15, -0.1) is 21.5 Å². The van der Waals surface area contributed by atoms with Crippen LogP contribution in [0.5, 0.6) is 0 Å². The minimum Gasteiger partial charge on any atom is -0.465 e. The highest BCUT2D eigenvalue weighted by atomic mass is 32.2. The molecule has 2 aliphatic heterocycles. The summed E-state index contributed by atoms with van der Waals surface area (Å²) in [6, 6.07) is 0. The standard InChI is InChI=1S/C21H29N5O4S2/c1-13-14(2)32-18(17(13)19(28)29-3)22-16(27)12-31-21-24-23-20(25-8-4-5-9-25)26(21)11-15-7-6-10-30-15/h15H,4-12H2,1-3H3,(H,22,27)/t15-/m0/s1. The summed E-state index contributed by atoms with van der Waals surface area (Å²) in [5, 5.41) is 12.9. The van der Waals surface area contributed by atoms with Gasteiger partial charge in [-0.3, -0.25) is 9.36 Å². The number of anilines is 2. The zero-order valence-corrected chi connectivity index (χ0v) is 20.3. The molecule has 9 nitrogen and oxygen atoms in total. The van der Waals surface area contributed by atoms with Gasteiger partial charge in [0.1, 0.15) is 5.00 Å². The van der Waals surface area contributed by atoms with Crippen molar-refractivity contribution in [3.63, 3.8) is 0 Å². The number of hydrogen-bond acceptors (Lipinski definition) is 9. The average Bonchev–Trinajstić information content (AvgIpc) is 3.56. The Hall–Kier alpha value is -2.11. The lowest BCUT2D eigenvalue weighted by Crippen LogP contribution is -2.25. The van der Waals surface area contributed by atoms with Crippen LogP contribution in [0.3, 0.4) is 0 Å².